The first-order chi connectivity index (χ1) is 10.5. The first-order valence-electron chi connectivity index (χ1n) is 7.50. The zero-order valence-electron chi connectivity index (χ0n) is 12.3. The number of sulfone groups is 1. The second-order valence-electron chi connectivity index (χ2n) is 5.76. The molecule has 7 heteroatoms. The molecule has 1 atom stereocenters. The van der Waals surface area contributed by atoms with Crippen molar-refractivity contribution in [3.8, 4) is 0 Å². The largest absolute Gasteiger partial charge is 0.361 e. The molecule has 1 N–H and O–H groups in total. The Hall–Kier alpha value is -1.21. The highest BCUT2D eigenvalue weighted by Crippen LogP contribution is 2.33. The Bertz CT molecular complexity index is 661. The van der Waals surface area contributed by atoms with E-state index in [1.54, 1.807) is 0 Å². The number of para-hydroxylation sites is 1. The highest BCUT2D eigenvalue weighted by Gasteiger charge is 2.29. The van der Waals surface area contributed by atoms with Crippen molar-refractivity contribution in [1.29, 1.82) is 0 Å². The lowest BCUT2D eigenvalue weighted by Crippen LogP contribution is -2.43. The Balaban J connectivity index is 1.64. The number of thioether (sulfide) groups is 1. The predicted molar refractivity (Wildman–Crippen MR) is 89.2 cm³/mol. The summed E-state index contributed by atoms with van der Waals surface area (Å²) in [5, 5.41) is 2.87. The molecule has 0 aliphatic carbocycles. The summed E-state index contributed by atoms with van der Waals surface area (Å²) in [6, 6.07) is 7.90. The van der Waals surface area contributed by atoms with Gasteiger partial charge in [-0.05, 0) is 30.7 Å². The van der Waals surface area contributed by atoms with Crippen LogP contribution in [0.5, 0.6) is 0 Å². The van der Waals surface area contributed by atoms with Crippen molar-refractivity contribution >= 4 is 33.2 Å². The fourth-order valence-corrected chi connectivity index (χ4v) is 5.60. The summed E-state index contributed by atoms with van der Waals surface area (Å²) in [5.41, 5.74) is 1.10. The lowest BCUT2D eigenvalue weighted by molar-refractivity contribution is -0.120. The van der Waals surface area contributed by atoms with E-state index < -0.39 is 9.84 Å². The van der Waals surface area contributed by atoms with Crippen molar-refractivity contribution in [3.05, 3.63) is 24.3 Å². The smallest absolute Gasteiger partial charge is 0.239 e. The number of carbonyl (C=O) groups is 1. The van der Waals surface area contributed by atoms with Crippen molar-refractivity contribution in [2.45, 2.75) is 23.8 Å². The zero-order chi connectivity index (χ0) is 15.6. The lowest BCUT2D eigenvalue weighted by atomic mass is 10.2. The monoisotopic (exact) mass is 340 g/mol. The van der Waals surface area contributed by atoms with Crippen LogP contribution in [-0.4, -0.2) is 50.7 Å². The van der Waals surface area contributed by atoms with Gasteiger partial charge >= 0.3 is 0 Å². The van der Waals surface area contributed by atoms with Crippen LogP contribution in [0.1, 0.15) is 12.8 Å². The van der Waals surface area contributed by atoms with Gasteiger partial charge in [0, 0.05) is 17.5 Å². The van der Waals surface area contributed by atoms with Crippen LogP contribution in [0.15, 0.2) is 29.2 Å². The molecule has 120 valence electrons. The molecule has 0 saturated carbocycles. The first kappa shape index (κ1) is 15.7. The molecule has 1 fully saturated rings. The summed E-state index contributed by atoms with van der Waals surface area (Å²) < 4.78 is 22.9. The van der Waals surface area contributed by atoms with Crippen LogP contribution in [0.2, 0.25) is 0 Å². The van der Waals surface area contributed by atoms with E-state index in [2.05, 4.69) is 16.3 Å². The van der Waals surface area contributed by atoms with Gasteiger partial charge in [-0.2, -0.15) is 0 Å². The fraction of sp³-hybridized carbons (Fsp3) is 0.533. The maximum atomic E-state index is 12.2. The van der Waals surface area contributed by atoms with Crippen molar-refractivity contribution in [1.82, 2.24) is 5.32 Å². The van der Waals surface area contributed by atoms with E-state index in [9.17, 15) is 13.2 Å². The quantitative estimate of drug-likeness (QED) is 0.898. The number of anilines is 1. The molecule has 0 unspecified atom stereocenters. The van der Waals surface area contributed by atoms with Crippen molar-refractivity contribution in [3.63, 3.8) is 0 Å². The minimum atomic E-state index is -2.96. The van der Waals surface area contributed by atoms with Gasteiger partial charge in [-0.1, -0.05) is 12.1 Å². The second kappa shape index (κ2) is 6.50. The number of amides is 1. The molecule has 0 radical (unpaired) electrons. The number of hydrogen-bond donors (Lipinski definition) is 1. The normalized spacial score (nSPS) is 23.6. The van der Waals surface area contributed by atoms with Gasteiger partial charge in [0.25, 0.3) is 0 Å². The van der Waals surface area contributed by atoms with Gasteiger partial charge in [0.05, 0.1) is 23.7 Å². The Labute approximate surface area is 135 Å². The third-order valence-electron chi connectivity index (χ3n) is 3.97. The van der Waals surface area contributed by atoms with Crippen LogP contribution in [0.25, 0.3) is 0 Å². The number of benzene rings is 1. The van der Waals surface area contributed by atoms with Gasteiger partial charge < -0.3 is 10.2 Å². The molecule has 1 saturated heterocycles. The molecule has 2 heterocycles. The molecular formula is C15H20N2O3S2. The van der Waals surface area contributed by atoms with Gasteiger partial charge in [-0.15, -0.1) is 11.8 Å². The van der Waals surface area contributed by atoms with Gasteiger partial charge in [-0.3, -0.25) is 4.79 Å². The van der Waals surface area contributed by atoms with Crippen LogP contribution in [0, 0.1) is 0 Å². The van der Waals surface area contributed by atoms with Gasteiger partial charge in [0.15, 0.2) is 9.84 Å². The third kappa shape index (κ3) is 3.76. The van der Waals surface area contributed by atoms with E-state index in [1.165, 1.54) is 4.90 Å². The Morgan fingerprint density at radius 1 is 1.36 bits per heavy atom. The Kier molecular flexibility index (Phi) is 4.63. The average molecular weight is 340 g/mol. The van der Waals surface area contributed by atoms with E-state index in [0.29, 0.717) is 6.42 Å². The lowest BCUT2D eigenvalue weighted by Gasteiger charge is -2.24. The number of nitrogens with zero attached hydrogens (tertiary/aromatic N) is 1. The fourth-order valence-electron chi connectivity index (χ4n) is 2.92. The molecule has 5 nitrogen and oxygen atoms in total. The Morgan fingerprint density at radius 2 is 2.18 bits per heavy atom. The molecule has 1 amide bonds. The van der Waals surface area contributed by atoms with Crippen LogP contribution in [0.4, 0.5) is 5.69 Å². The molecule has 2 aliphatic heterocycles. The van der Waals surface area contributed by atoms with Crippen LogP contribution in [0.3, 0.4) is 0 Å². The van der Waals surface area contributed by atoms with Crippen LogP contribution >= 0.6 is 11.8 Å². The topological polar surface area (TPSA) is 66.5 Å². The number of carbonyl (C=O) groups excluding carboxylic acids is 1. The Morgan fingerprint density at radius 3 is 2.95 bits per heavy atom. The minimum absolute atomic E-state index is 0.0746. The van der Waals surface area contributed by atoms with Gasteiger partial charge in [0.2, 0.25) is 5.91 Å². The average Bonchev–Trinajstić information content (AvgIpc) is 2.69. The molecule has 3 rings (SSSR count). The van der Waals surface area contributed by atoms with Crippen molar-refractivity contribution in [2.75, 3.05) is 35.2 Å². The van der Waals surface area contributed by atoms with Gasteiger partial charge in [-0.25, -0.2) is 8.42 Å². The molecular weight excluding hydrogens is 320 g/mol. The molecule has 2 aliphatic rings. The van der Waals surface area contributed by atoms with E-state index >= 15 is 0 Å². The molecule has 1 aromatic carbocycles. The summed E-state index contributed by atoms with van der Waals surface area (Å²) in [6.45, 7) is 1.13. The van der Waals surface area contributed by atoms with Crippen molar-refractivity contribution in [2.24, 2.45) is 0 Å². The highest BCUT2D eigenvalue weighted by atomic mass is 32.2. The van der Waals surface area contributed by atoms with E-state index in [-0.39, 0.29) is 30.0 Å². The standard InChI is InChI=1S/C15H20N2O3S2/c18-15(16-12-6-9-22(19,20)11-12)10-17-7-3-8-21-14-5-2-1-4-13(14)17/h1-2,4-5,12H,3,6-11H2,(H,16,18)/t12-/m1/s1. The summed E-state index contributed by atoms with van der Waals surface area (Å²) in [7, 11) is -2.96. The van der Waals surface area contributed by atoms with E-state index in [0.717, 1.165) is 24.4 Å². The van der Waals surface area contributed by atoms with E-state index in [1.807, 2.05) is 30.0 Å². The summed E-state index contributed by atoms with van der Waals surface area (Å²) >= 11 is 1.82. The molecule has 1 aromatic rings. The van der Waals surface area contributed by atoms with E-state index in [4.69, 9.17) is 0 Å². The number of fused-ring (bicyclic) bond motifs is 1. The minimum Gasteiger partial charge on any atom is -0.361 e. The third-order valence-corrected chi connectivity index (χ3v) is 6.88. The first-order valence-corrected chi connectivity index (χ1v) is 10.3. The number of nitrogens with one attached hydrogen (secondary N) is 1. The number of hydrogen-bond acceptors (Lipinski definition) is 5. The summed E-state index contributed by atoms with van der Waals surface area (Å²) in [4.78, 5) is 15.5. The molecule has 0 bridgehead atoms. The summed E-state index contributed by atoms with van der Waals surface area (Å²) in [5.74, 6) is 1.21. The highest BCUT2D eigenvalue weighted by molar-refractivity contribution is 7.99. The predicted octanol–water partition coefficient (Wildman–Crippen LogP) is 1.29. The SMILES string of the molecule is O=C(CN1CCCSc2ccccc21)N[C@@H]1CCS(=O)(=O)C1. The number of rotatable bonds is 3. The molecule has 22 heavy (non-hydrogen) atoms. The summed E-state index contributed by atoms with van der Waals surface area (Å²) in [6.07, 6.45) is 1.56. The van der Waals surface area contributed by atoms with Crippen molar-refractivity contribution < 1.29 is 13.2 Å². The molecule has 0 spiro atoms. The molecule has 0 aromatic heterocycles. The van der Waals surface area contributed by atoms with Crippen LogP contribution < -0.4 is 10.2 Å². The second-order valence-corrected chi connectivity index (χ2v) is 9.12. The van der Waals surface area contributed by atoms with Gasteiger partial charge in [0.1, 0.15) is 0 Å². The maximum Gasteiger partial charge on any atom is 0.239 e. The maximum absolute atomic E-state index is 12.2. The zero-order valence-corrected chi connectivity index (χ0v) is 14.0. The van der Waals surface area contributed by atoms with Crippen LogP contribution in [-0.2, 0) is 14.6 Å².